The summed E-state index contributed by atoms with van der Waals surface area (Å²) in [5.74, 6) is -2.15. The minimum atomic E-state index is -0.994. The Kier molecular flexibility index (Phi) is 3.23. The topological polar surface area (TPSA) is 66.5 Å². The van der Waals surface area contributed by atoms with Crippen LogP contribution in [0.2, 0.25) is 0 Å². The van der Waals surface area contributed by atoms with Crippen LogP contribution in [0, 0.1) is 5.92 Å². The van der Waals surface area contributed by atoms with Crippen molar-refractivity contribution in [1.82, 2.24) is 10.2 Å². The molecule has 1 saturated heterocycles. The molecule has 1 aromatic rings. The molecule has 1 aliphatic heterocycles. The van der Waals surface area contributed by atoms with Crippen LogP contribution in [0.1, 0.15) is 5.56 Å². The highest BCUT2D eigenvalue weighted by atomic mass is 16.2. The van der Waals surface area contributed by atoms with Crippen LogP contribution in [-0.4, -0.2) is 22.7 Å². The van der Waals surface area contributed by atoms with E-state index in [4.69, 9.17) is 0 Å². The molecule has 0 saturated carbocycles. The summed E-state index contributed by atoms with van der Waals surface area (Å²) in [4.78, 5) is 36.0. The number of nitrogens with zero attached hydrogens (tertiary/aromatic N) is 1. The Labute approximate surface area is 104 Å². The number of barbiturate groups is 1. The number of carbonyl (C=O) groups excluding carboxylic acids is 3. The van der Waals surface area contributed by atoms with Crippen molar-refractivity contribution in [2.45, 2.75) is 6.54 Å². The number of carbonyl (C=O) groups is 3. The first-order valence-electron chi connectivity index (χ1n) is 5.46. The molecule has 5 heteroatoms. The summed E-state index contributed by atoms with van der Waals surface area (Å²) in [7, 11) is 0. The van der Waals surface area contributed by atoms with Gasteiger partial charge in [-0.15, -0.1) is 6.58 Å². The molecule has 1 aromatic carbocycles. The van der Waals surface area contributed by atoms with Crippen LogP contribution in [0.4, 0.5) is 4.79 Å². The lowest BCUT2D eigenvalue weighted by Gasteiger charge is -2.28. The second-order valence-electron chi connectivity index (χ2n) is 3.92. The number of benzene rings is 1. The van der Waals surface area contributed by atoms with E-state index in [0.29, 0.717) is 0 Å². The molecule has 1 atom stereocenters. The highest BCUT2D eigenvalue weighted by Crippen LogP contribution is 2.14. The molecule has 1 fully saturated rings. The van der Waals surface area contributed by atoms with Gasteiger partial charge in [-0.2, -0.15) is 0 Å². The van der Waals surface area contributed by atoms with E-state index in [9.17, 15) is 14.4 Å². The average molecular weight is 244 g/mol. The van der Waals surface area contributed by atoms with Gasteiger partial charge in [0.2, 0.25) is 11.8 Å². The number of amides is 4. The average Bonchev–Trinajstić information content (AvgIpc) is 2.36. The van der Waals surface area contributed by atoms with E-state index in [2.05, 4.69) is 11.9 Å². The molecule has 1 heterocycles. The number of urea groups is 1. The van der Waals surface area contributed by atoms with Gasteiger partial charge in [-0.3, -0.25) is 19.8 Å². The Bertz CT molecular complexity index is 510. The number of hydrogen-bond donors (Lipinski definition) is 1. The molecule has 0 spiro atoms. The second-order valence-corrected chi connectivity index (χ2v) is 3.92. The van der Waals surface area contributed by atoms with E-state index in [0.717, 1.165) is 10.5 Å². The van der Waals surface area contributed by atoms with Crippen molar-refractivity contribution in [3.63, 3.8) is 0 Å². The maximum atomic E-state index is 12.0. The largest absolute Gasteiger partial charge is 0.331 e. The molecule has 5 nitrogen and oxygen atoms in total. The molecule has 4 amide bonds. The van der Waals surface area contributed by atoms with Crippen LogP contribution in [0.15, 0.2) is 43.0 Å². The van der Waals surface area contributed by atoms with Crippen molar-refractivity contribution in [3.8, 4) is 0 Å². The molecule has 2 rings (SSSR count). The number of rotatable bonds is 3. The van der Waals surface area contributed by atoms with E-state index in [1.54, 1.807) is 12.1 Å². The number of imide groups is 2. The molecule has 0 radical (unpaired) electrons. The Balaban J connectivity index is 2.21. The van der Waals surface area contributed by atoms with Crippen LogP contribution in [0.5, 0.6) is 0 Å². The smallest absolute Gasteiger partial charge is 0.277 e. The minimum Gasteiger partial charge on any atom is -0.277 e. The maximum absolute atomic E-state index is 12.0. The molecule has 1 unspecified atom stereocenters. The monoisotopic (exact) mass is 244 g/mol. The lowest BCUT2D eigenvalue weighted by atomic mass is 10.0. The zero-order valence-electron chi connectivity index (χ0n) is 9.63. The fraction of sp³-hybridized carbons (Fsp3) is 0.154. The molecule has 0 bridgehead atoms. The summed E-state index contributed by atoms with van der Waals surface area (Å²) >= 11 is 0. The fourth-order valence-corrected chi connectivity index (χ4v) is 1.75. The van der Waals surface area contributed by atoms with Crippen LogP contribution in [0.25, 0.3) is 0 Å². The van der Waals surface area contributed by atoms with Crippen molar-refractivity contribution >= 4 is 17.8 Å². The Morgan fingerprint density at radius 1 is 1.22 bits per heavy atom. The molecule has 0 aliphatic carbocycles. The lowest BCUT2D eigenvalue weighted by molar-refractivity contribution is -0.140. The van der Waals surface area contributed by atoms with E-state index in [-0.39, 0.29) is 6.54 Å². The molecular formula is C13H12N2O3. The van der Waals surface area contributed by atoms with Gasteiger partial charge in [-0.05, 0) is 5.56 Å². The van der Waals surface area contributed by atoms with Crippen molar-refractivity contribution < 1.29 is 14.4 Å². The fourth-order valence-electron chi connectivity index (χ4n) is 1.75. The normalized spacial score (nSPS) is 19.7. The minimum absolute atomic E-state index is 0.142. The zero-order chi connectivity index (χ0) is 13.1. The second kappa shape index (κ2) is 4.83. The van der Waals surface area contributed by atoms with Crippen LogP contribution >= 0.6 is 0 Å². The zero-order valence-corrected chi connectivity index (χ0v) is 9.63. The Morgan fingerprint density at radius 2 is 1.89 bits per heavy atom. The lowest BCUT2D eigenvalue weighted by Crippen LogP contribution is -2.56. The molecular weight excluding hydrogens is 232 g/mol. The highest BCUT2D eigenvalue weighted by Gasteiger charge is 2.38. The molecule has 1 aliphatic rings. The third kappa shape index (κ3) is 2.15. The summed E-state index contributed by atoms with van der Waals surface area (Å²) in [5, 5.41) is 2.14. The van der Waals surface area contributed by atoms with Gasteiger partial charge < -0.3 is 0 Å². The number of nitrogens with one attached hydrogen (secondary N) is 1. The predicted molar refractivity (Wildman–Crippen MR) is 64.2 cm³/mol. The van der Waals surface area contributed by atoms with Crippen LogP contribution in [-0.2, 0) is 16.1 Å². The molecule has 1 N–H and O–H groups in total. The first-order chi connectivity index (χ1) is 8.63. The highest BCUT2D eigenvalue weighted by molar-refractivity contribution is 6.17. The molecule has 92 valence electrons. The summed E-state index contributed by atoms with van der Waals surface area (Å²) in [6.07, 6.45) is 1.24. The number of hydrogen-bond acceptors (Lipinski definition) is 3. The SMILES string of the molecule is C=CC1C(=O)NC(=O)N(Cc2ccccc2)C1=O. The van der Waals surface area contributed by atoms with Gasteiger partial charge in [0, 0.05) is 0 Å². The van der Waals surface area contributed by atoms with Gasteiger partial charge in [0.25, 0.3) is 0 Å². The summed E-state index contributed by atoms with van der Waals surface area (Å²) < 4.78 is 0. The van der Waals surface area contributed by atoms with Gasteiger partial charge in [0.15, 0.2) is 0 Å². The Hall–Kier alpha value is -2.43. The quantitative estimate of drug-likeness (QED) is 0.638. The van der Waals surface area contributed by atoms with Gasteiger partial charge in [-0.25, -0.2) is 4.79 Å². The van der Waals surface area contributed by atoms with Crippen molar-refractivity contribution in [2.75, 3.05) is 0 Å². The van der Waals surface area contributed by atoms with E-state index < -0.39 is 23.8 Å². The van der Waals surface area contributed by atoms with Crippen molar-refractivity contribution in [2.24, 2.45) is 5.92 Å². The summed E-state index contributed by atoms with van der Waals surface area (Å²) in [5.41, 5.74) is 0.818. The van der Waals surface area contributed by atoms with Crippen LogP contribution in [0.3, 0.4) is 0 Å². The van der Waals surface area contributed by atoms with E-state index in [1.807, 2.05) is 18.2 Å². The Morgan fingerprint density at radius 3 is 2.50 bits per heavy atom. The van der Waals surface area contributed by atoms with Gasteiger partial charge in [-0.1, -0.05) is 36.4 Å². The van der Waals surface area contributed by atoms with E-state index >= 15 is 0 Å². The van der Waals surface area contributed by atoms with Gasteiger partial charge in [0.1, 0.15) is 5.92 Å². The maximum Gasteiger partial charge on any atom is 0.331 e. The molecule has 0 aromatic heterocycles. The molecule has 18 heavy (non-hydrogen) atoms. The van der Waals surface area contributed by atoms with Gasteiger partial charge >= 0.3 is 6.03 Å². The first-order valence-corrected chi connectivity index (χ1v) is 5.46. The van der Waals surface area contributed by atoms with Crippen molar-refractivity contribution in [3.05, 3.63) is 48.6 Å². The van der Waals surface area contributed by atoms with Crippen molar-refractivity contribution in [1.29, 1.82) is 0 Å². The summed E-state index contributed by atoms with van der Waals surface area (Å²) in [6.45, 7) is 3.57. The third-order valence-electron chi connectivity index (χ3n) is 2.71. The third-order valence-corrected chi connectivity index (χ3v) is 2.71. The van der Waals surface area contributed by atoms with Gasteiger partial charge in [0.05, 0.1) is 6.54 Å². The first kappa shape index (κ1) is 12.0. The summed E-state index contributed by atoms with van der Waals surface area (Å²) in [6, 6.07) is 8.40. The predicted octanol–water partition coefficient (Wildman–Crippen LogP) is 1.07. The van der Waals surface area contributed by atoms with Crippen LogP contribution < -0.4 is 5.32 Å². The van der Waals surface area contributed by atoms with E-state index in [1.165, 1.54) is 6.08 Å². The standard InChI is InChI=1S/C13H12N2O3/c1-2-10-11(16)14-13(18)15(12(10)17)8-9-6-4-3-5-7-9/h2-7,10H,1,8H2,(H,14,16,18).